The molecule has 39 heavy (non-hydrogen) atoms. The molecule has 3 amide bonds. The maximum atomic E-state index is 13.0. The molecule has 3 N–H and O–H groups in total. The van der Waals surface area contributed by atoms with E-state index in [1.54, 1.807) is 19.1 Å². The zero-order valence-electron chi connectivity index (χ0n) is 22.1. The molecule has 0 bridgehead atoms. The molecule has 1 unspecified atom stereocenters. The molecule has 1 fully saturated rings. The molecule has 2 aliphatic heterocycles. The molecule has 9 nitrogen and oxygen atoms in total. The van der Waals surface area contributed by atoms with E-state index in [2.05, 4.69) is 15.1 Å². The first kappa shape index (κ1) is 29.1. The number of ether oxygens (including phenoxy) is 1. The highest BCUT2D eigenvalue weighted by Crippen LogP contribution is 2.34. The number of hydrogen-bond donors (Lipinski definition) is 2. The van der Waals surface area contributed by atoms with Gasteiger partial charge >= 0.3 is 0 Å². The summed E-state index contributed by atoms with van der Waals surface area (Å²) in [4.78, 5) is 43.2. The number of carbonyl (C=O) groups excluding carboxylic acids is 3. The number of halogens is 2. The number of nitrogens with zero attached hydrogens (tertiary/aromatic N) is 3. The second kappa shape index (κ2) is 13.5. The van der Waals surface area contributed by atoms with E-state index in [4.69, 9.17) is 33.7 Å². The Morgan fingerprint density at radius 3 is 2.56 bits per heavy atom. The summed E-state index contributed by atoms with van der Waals surface area (Å²) in [7, 11) is 0. The normalized spacial score (nSPS) is 16.6. The highest BCUT2D eigenvalue weighted by Gasteiger charge is 2.33. The lowest BCUT2D eigenvalue weighted by molar-refractivity contribution is -0.130. The number of rotatable bonds is 10. The van der Waals surface area contributed by atoms with Crippen molar-refractivity contribution in [2.24, 2.45) is 5.73 Å². The Hall–Kier alpha value is -2.85. The summed E-state index contributed by atoms with van der Waals surface area (Å²) in [6, 6.07) is 10.4. The number of unbranched alkanes of at least 4 members (excludes halogenated alkanes) is 1. The van der Waals surface area contributed by atoms with Crippen LogP contribution < -0.4 is 25.6 Å². The molecule has 0 saturated carbocycles. The van der Waals surface area contributed by atoms with Crippen LogP contribution in [0.3, 0.4) is 0 Å². The van der Waals surface area contributed by atoms with Gasteiger partial charge in [-0.05, 0) is 56.5 Å². The molecular formula is C28H35Cl2N5O4. The Bertz CT molecular complexity index is 1200. The molecule has 210 valence electrons. The summed E-state index contributed by atoms with van der Waals surface area (Å²) in [6.07, 6.45) is 2.65. The van der Waals surface area contributed by atoms with Gasteiger partial charge in [-0.15, -0.1) is 0 Å². The van der Waals surface area contributed by atoms with E-state index in [-0.39, 0.29) is 18.9 Å². The Morgan fingerprint density at radius 1 is 1.05 bits per heavy atom. The summed E-state index contributed by atoms with van der Waals surface area (Å²) in [5.74, 6) is -0.634. The van der Waals surface area contributed by atoms with Gasteiger partial charge in [0.1, 0.15) is 11.8 Å². The maximum Gasteiger partial charge on any atom is 0.256 e. The molecule has 1 saturated heterocycles. The van der Waals surface area contributed by atoms with Crippen molar-refractivity contribution in [3.63, 3.8) is 0 Å². The van der Waals surface area contributed by atoms with Gasteiger partial charge in [-0.3, -0.25) is 19.3 Å². The van der Waals surface area contributed by atoms with Crippen molar-refractivity contribution in [3.8, 4) is 5.75 Å². The van der Waals surface area contributed by atoms with Gasteiger partial charge in [0.05, 0.1) is 34.6 Å². The van der Waals surface area contributed by atoms with E-state index in [0.29, 0.717) is 34.5 Å². The lowest BCUT2D eigenvalue weighted by atomic mass is 10.00. The van der Waals surface area contributed by atoms with Crippen LogP contribution in [0.15, 0.2) is 36.4 Å². The summed E-state index contributed by atoms with van der Waals surface area (Å²) in [5, 5.41) is 3.71. The lowest BCUT2D eigenvalue weighted by Gasteiger charge is -2.36. The average molecular weight is 577 g/mol. The number of hydrogen-bond acceptors (Lipinski definition) is 7. The van der Waals surface area contributed by atoms with Crippen LogP contribution in [0.25, 0.3) is 0 Å². The third-order valence-electron chi connectivity index (χ3n) is 7.09. The van der Waals surface area contributed by atoms with Gasteiger partial charge in [0.2, 0.25) is 11.8 Å². The minimum Gasteiger partial charge on any atom is -0.494 e. The molecule has 1 atom stereocenters. The quantitative estimate of drug-likeness (QED) is 0.418. The minimum atomic E-state index is -0.870. The van der Waals surface area contributed by atoms with Gasteiger partial charge in [-0.25, -0.2) is 4.90 Å². The van der Waals surface area contributed by atoms with Crippen molar-refractivity contribution in [2.75, 3.05) is 55.7 Å². The number of carbonyl (C=O) groups is 3. The summed E-state index contributed by atoms with van der Waals surface area (Å²) in [5.41, 5.74) is 7.73. The van der Waals surface area contributed by atoms with Crippen molar-refractivity contribution < 1.29 is 19.1 Å². The predicted octanol–water partition coefficient (Wildman–Crippen LogP) is 3.24. The number of imide groups is 1. The molecule has 4 rings (SSSR count). The van der Waals surface area contributed by atoms with Gasteiger partial charge < -0.3 is 20.7 Å². The molecule has 0 spiro atoms. The molecule has 0 radical (unpaired) electrons. The topological polar surface area (TPSA) is 108 Å². The Labute approximate surface area is 239 Å². The summed E-state index contributed by atoms with van der Waals surface area (Å²) < 4.78 is 5.98. The minimum absolute atomic E-state index is 0.228. The predicted molar refractivity (Wildman–Crippen MR) is 154 cm³/mol. The van der Waals surface area contributed by atoms with Gasteiger partial charge in [0, 0.05) is 38.7 Å². The van der Waals surface area contributed by atoms with Gasteiger partial charge in [0.25, 0.3) is 5.91 Å². The first-order chi connectivity index (χ1) is 18.8. The highest BCUT2D eigenvalue weighted by molar-refractivity contribution is 6.43. The zero-order valence-corrected chi connectivity index (χ0v) is 23.6. The Balaban J connectivity index is 1.24. The number of piperazine rings is 1. The van der Waals surface area contributed by atoms with Gasteiger partial charge in [-0.2, -0.15) is 0 Å². The molecular weight excluding hydrogens is 541 g/mol. The standard InChI is InChI=1S/C28H35Cl2N5O4/c1-19(32-25(36)18-31)28(38)35-24-17-21(9-7-20(24)8-10-26(35)37)39-16-3-2-11-33-12-14-34(15-13-33)23-6-4-5-22(29)27(23)30/h4-7,9,17,19H,2-3,8,10-16,18,31H2,1H3,(H,32,36). The Kier molecular flexibility index (Phi) is 10.1. The van der Waals surface area contributed by atoms with Gasteiger partial charge in [-0.1, -0.05) is 35.3 Å². The fourth-order valence-corrected chi connectivity index (χ4v) is 5.33. The third kappa shape index (κ3) is 7.22. The van der Waals surface area contributed by atoms with E-state index in [1.165, 1.54) is 0 Å². The van der Waals surface area contributed by atoms with E-state index in [1.807, 2.05) is 24.3 Å². The molecule has 2 heterocycles. The summed E-state index contributed by atoms with van der Waals surface area (Å²) in [6.45, 7) is 6.53. The van der Waals surface area contributed by atoms with Crippen LogP contribution in [-0.2, 0) is 20.8 Å². The average Bonchev–Trinajstić information content (AvgIpc) is 2.94. The van der Waals surface area contributed by atoms with Crippen molar-refractivity contribution in [3.05, 3.63) is 52.0 Å². The van der Waals surface area contributed by atoms with E-state index < -0.39 is 17.9 Å². The third-order valence-corrected chi connectivity index (χ3v) is 7.90. The summed E-state index contributed by atoms with van der Waals surface area (Å²) >= 11 is 12.6. The van der Waals surface area contributed by atoms with Crippen LogP contribution in [0.1, 0.15) is 31.7 Å². The number of nitrogens with one attached hydrogen (secondary N) is 1. The SMILES string of the molecule is CC(NC(=O)CN)C(=O)N1C(=O)CCc2ccc(OCCCCN3CCN(c4cccc(Cl)c4Cl)CC3)cc21. The fraction of sp³-hybridized carbons (Fsp3) is 0.464. The number of aryl methyl sites for hydroxylation is 1. The first-order valence-corrected chi connectivity index (χ1v) is 14.1. The highest BCUT2D eigenvalue weighted by atomic mass is 35.5. The number of amides is 3. The number of benzene rings is 2. The first-order valence-electron chi connectivity index (χ1n) is 13.3. The fourth-order valence-electron chi connectivity index (χ4n) is 4.91. The second-order valence-corrected chi connectivity index (χ2v) is 10.6. The molecule has 2 aliphatic rings. The molecule has 11 heteroatoms. The van der Waals surface area contributed by atoms with Crippen molar-refractivity contribution in [2.45, 2.75) is 38.6 Å². The van der Waals surface area contributed by atoms with Crippen LogP contribution in [0.2, 0.25) is 10.0 Å². The number of nitrogens with two attached hydrogens (primary N) is 1. The second-order valence-electron chi connectivity index (χ2n) is 9.81. The van der Waals surface area contributed by atoms with Gasteiger partial charge in [0.15, 0.2) is 0 Å². The monoisotopic (exact) mass is 575 g/mol. The molecule has 2 aromatic carbocycles. The van der Waals surface area contributed by atoms with E-state index in [0.717, 1.165) is 61.7 Å². The van der Waals surface area contributed by atoms with Crippen LogP contribution >= 0.6 is 23.2 Å². The van der Waals surface area contributed by atoms with Crippen LogP contribution in [0.4, 0.5) is 11.4 Å². The smallest absolute Gasteiger partial charge is 0.256 e. The lowest BCUT2D eigenvalue weighted by Crippen LogP contribution is -2.51. The molecule has 0 aromatic heterocycles. The van der Waals surface area contributed by atoms with Crippen LogP contribution in [0, 0.1) is 0 Å². The molecule has 0 aliphatic carbocycles. The van der Waals surface area contributed by atoms with Crippen molar-refractivity contribution in [1.82, 2.24) is 10.2 Å². The number of fused-ring (bicyclic) bond motifs is 1. The largest absolute Gasteiger partial charge is 0.494 e. The van der Waals surface area contributed by atoms with E-state index >= 15 is 0 Å². The van der Waals surface area contributed by atoms with Crippen molar-refractivity contribution >= 4 is 52.3 Å². The van der Waals surface area contributed by atoms with Crippen LogP contribution in [0.5, 0.6) is 5.75 Å². The number of anilines is 2. The van der Waals surface area contributed by atoms with Crippen LogP contribution in [-0.4, -0.2) is 74.5 Å². The van der Waals surface area contributed by atoms with E-state index in [9.17, 15) is 14.4 Å². The molecule has 2 aromatic rings. The van der Waals surface area contributed by atoms with Crippen molar-refractivity contribution in [1.29, 1.82) is 0 Å². The Morgan fingerprint density at radius 2 is 1.82 bits per heavy atom. The zero-order chi connectivity index (χ0) is 27.9. The maximum absolute atomic E-state index is 13.0.